The van der Waals surface area contributed by atoms with E-state index in [0.29, 0.717) is 30.4 Å². The van der Waals surface area contributed by atoms with Gasteiger partial charge in [-0.2, -0.15) is 0 Å². The lowest BCUT2D eigenvalue weighted by Gasteiger charge is -2.33. The molecule has 2 aliphatic rings. The zero-order chi connectivity index (χ0) is 17.1. The number of anilines is 1. The summed E-state index contributed by atoms with van der Waals surface area (Å²) in [5, 5.41) is 2.85. The fourth-order valence-corrected chi connectivity index (χ4v) is 3.70. The molecule has 1 aliphatic carbocycles. The number of pyridine rings is 1. The second kappa shape index (κ2) is 7.20. The predicted octanol–water partition coefficient (Wildman–Crippen LogP) is 2.46. The quantitative estimate of drug-likeness (QED) is 0.920. The van der Waals surface area contributed by atoms with Crippen LogP contribution in [-0.4, -0.2) is 41.4 Å². The van der Waals surface area contributed by atoms with Gasteiger partial charge in [0.05, 0.1) is 19.2 Å². The summed E-state index contributed by atoms with van der Waals surface area (Å²) in [4.78, 5) is 30.8. The normalized spacial score (nSPS) is 27.2. The summed E-state index contributed by atoms with van der Waals surface area (Å²) in [7, 11) is 1.55. The SMILES string of the molecule is COc1ccncc1NC(=O)[C@H]1CC(=O)N(C2CCC(C)CC2)C1. The summed E-state index contributed by atoms with van der Waals surface area (Å²) in [6.07, 6.45) is 7.90. The van der Waals surface area contributed by atoms with Crippen LogP contribution in [0.15, 0.2) is 18.5 Å². The Hall–Kier alpha value is -2.11. The van der Waals surface area contributed by atoms with Crippen molar-refractivity contribution in [1.29, 1.82) is 0 Å². The molecule has 6 heteroatoms. The van der Waals surface area contributed by atoms with Crippen molar-refractivity contribution in [2.75, 3.05) is 19.0 Å². The molecule has 0 radical (unpaired) electrons. The van der Waals surface area contributed by atoms with Gasteiger partial charge >= 0.3 is 0 Å². The van der Waals surface area contributed by atoms with Crippen LogP contribution in [0.1, 0.15) is 39.0 Å². The Bertz CT molecular complexity index is 611. The largest absolute Gasteiger partial charge is 0.494 e. The third-order valence-corrected chi connectivity index (χ3v) is 5.21. The molecule has 2 amide bonds. The molecule has 2 fully saturated rings. The van der Waals surface area contributed by atoms with Crippen LogP contribution in [0.2, 0.25) is 0 Å². The summed E-state index contributed by atoms with van der Waals surface area (Å²) in [6, 6.07) is 2.00. The van der Waals surface area contributed by atoms with Crippen LogP contribution in [0, 0.1) is 11.8 Å². The van der Waals surface area contributed by atoms with Crippen LogP contribution in [0.5, 0.6) is 5.75 Å². The molecule has 1 aliphatic heterocycles. The van der Waals surface area contributed by atoms with Crippen molar-refractivity contribution in [3.63, 3.8) is 0 Å². The molecule has 2 heterocycles. The van der Waals surface area contributed by atoms with E-state index in [-0.39, 0.29) is 17.7 Å². The van der Waals surface area contributed by atoms with Gasteiger partial charge in [-0.05, 0) is 31.6 Å². The van der Waals surface area contributed by atoms with Crippen LogP contribution < -0.4 is 10.1 Å². The maximum atomic E-state index is 12.5. The fourth-order valence-electron chi connectivity index (χ4n) is 3.70. The summed E-state index contributed by atoms with van der Waals surface area (Å²) >= 11 is 0. The van der Waals surface area contributed by atoms with Crippen LogP contribution in [0.4, 0.5) is 5.69 Å². The van der Waals surface area contributed by atoms with Crippen molar-refractivity contribution in [3.8, 4) is 5.75 Å². The van der Waals surface area contributed by atoms with Crippen molar-refractivity contribution in [1.82, 2.24) is 9.88 Å². The van der Waals surface area contributed by atoms with Crippen molar-refractivity contribution >= 4 is 17.5 Å². The van der Waals surface area contributed by atoms with Gasteiger partial charge in [-0.1, -0.05) is 6.92 Å². The highest BCUT2D eigenvalue weighted by Crippen LogP contribution is 2.32. The molecule has 1 saturated heterocycles. The monoisotopic (exact) mass is 331 g/mol. The average molecular weight is 331 g/mol. The topological polar surface area (TPSA) is 71.5 Å². The van der Waals surface area contributed by atoms with E-state index >= 15 is 0 Å². The zero-order valence-corrected chi connectivity index (χ0v) is 14.3. The first-order chi connectivity index (χ1) is 11.6. The van der Waals surface area contributed by atoms with Gasteiger partial charge in [0.15, 0.2) is 0 Å². The first kappa shape index (κ1) is 16.7. The minimum atomic E-state index is -0.304. The third kappa shape index (κ3) is 3.52. The van der Waals surface area contributed by atoms with Crippen molar-refractivity contribution in [3.05, 3.63) is 18.5 Å². The predicted molar refractivity (Wildman–Crippen MR) is 90.7 cm³/mol. The molecule has 1 N–H and O–H groups in total. The maximum absolute atomic E-state index is 12.5. The number of amides is 2. The van der Waals surface area contributed by atoms with Gasteiger partial charge in [-0.3, -0.25) is 14.6 Å². The first-order valence-electron chi connectivity index (χ1n) is 8.66. The van der Waals surface area contributed by atoms with Crippen LogP contribution in [0.25, 0.3) is 0 Å². The minimum absolute atomic E-state index is 0.104. The minimum Gasteiger partial charge on any atom is -0.494 e. The second-order valence-electron chi connectivity index (χ2n) is 6.93. The van der Waals surface area contributed by atoms with Gasteiger partial charge in [0.25, 0.3) is 0 Å². The molecular weight excluding hydrogens is 306 g/mol. The van der Waals surface area contributed by atoms with Crippen molar-refractivity contribution < 1.29 is 14.3 Å². The van der Waals surface area contributed by atoms with Gasteiger partial charge < -0.3 is 15.0 Å². The summed E-state index contributed by atoms with van der Waals surface area (Å²) < 4.78 is 5.22. The Morgan fingerprint density at radius 2 is 2.08 bits per heavy atom. The van der Waals surface area contributed by atoms with E-state index in [2.05, 4.69) is 17.2 Å². The fraction of sp³-hybridized carbons (Fsp3) is 0.611. The lowest BCUT2D eigenvalue weighted by atomic mass is 9.87. The van der Waals surface area contributed by atoms with E-state index in [1.165, 1.54) is 0 Å². The lowest BCUT2D eigenvalue weighted by molar-refractivity contribution is -0.130. The smallest absolute Gasteiger partial charge is 0.229 e. The standard InChI is InChI=1S/C18H25N3O3/c1-12-3-5-14(6-4-12)21-11-13(9-17(21)22)18(23)20-15-10-19-8-7-16(15)24-2/h7-8,10,12-14H,3-6,9,11H2,1-2H3,(H,20,23)/t12?,13-,14?/m0/s1. The zero-order valence-electron chi connectivity index (χ0n) is 14.3. The van der Waals surface area contributed by atoms with E-state index < -0.39 is 0 Å². The summed E-state index contributed by atoms with van der Waals surface area (Å²) in [5.41, 5.74) is 0.544. The first-order valence-corrected chi connectivity index (χ1v) is 8.66. The van der Waals surface area contributed by atoms with Crippen molar-refractivity contribution in [2.24, 2.45) is 11.8 Å². The molecule has 0 aromatic carbocycles. The number of aromatic nitrogens is 1. The Kier molecular flexibility index (Phi) is 5.02. The molecule has 1 aromatic rings. The molecule has 0 unspecified atom stereocenters. The molecule has 24 heavy (non-hydrogen) atoms. The van der Waals surface area contributed by atoms with Gasteiger partial charge in [0.1, 0.15) is 11.4 Å². The molecule has 3 rings (SSSR count). The Morgan fingerprint density at radius 1 is 1.33 bits per heavy atom. The maximum Gasteiger partial charge on any atom is 0.229 e. The van der Waals surface area contributed by atoms with Crippen LogP contribution in [-0.2, 0) is 9.59 Å². The van der Waals surface area contributed by atoms with Gasteiger partial charge in [0.2, 0.25) is 11.8 Å². The lowest BCUT2D eigenvalue weighted by Crippen LogP contribution is -2.39. The molecule has 1 saturated carbocycles. The Morgan fingerprint density at radius 3 is 2.79 bits per heavy atom. The number of likely N-dealkylation sites (tertiary alicyclic amines) is 1. The second-order valence-corrected chi connectivity index (χ2v) is 6.93. The molecule has 6 nitrogen and oxygen atoms in total. The molecule has 130 valence electrons. The molecule has 1 aromatic heterocycles. The Balaban J connectivity index is 1.61. The molecular formula is C18H25N3O3. The van der Waals surface area contributed by atoms with Crippen molar-refractivity contribution in [2.45, 2.75) is 45.1 Å². The number of hydrogen-bond donors (Lipinski definition) is 1. The summed E-state index contributed by atoms with van der Waals surface area (Å²) in [5.74, 6) is 0.979. The number of carbonyl (C=O) groups excluding carboxylic acids is 2. The van der Waals surface area contributed by atoms with E-state index in [0.717, 1.165) is 31.6 Å². The summed E-state index contributed by atoms with van der Waals surface area (Å²) in [6.45, 7) is 2.78. The van der Waals surface area contributed by atoms with Gasteiger partial charge in [0, 0.05) is 31.3 Å². The third-order valence-electron chi connectivity index (χ3n) is 5.21. The number of nitrogens with one attached hydrogen (secondary N) is 1. The number of carbonyl (C=O) groups is 2. The van der Waals surface area contributed by atoms with Crippen LogP contribution >= 0.6 is 0 Å². The van der Waals surface area contributed by atoms with E-state index in [1.54, 1.807) is 25.6 Å². The van der Waals surface area contributed by atoms with Gasteiger partial charge in [-0.15, -0.1) is 0 Å². The molecule has 1 atom stereocenters. The number of methoxy groups -OCH3 is 1. The molecule has 0 bridgehead atoms. The molecule has 0 spiro atoms. The highest BCUT2D eigenvalue weighted by Gasteiger charge is 2.38. The number of rotatable bonds is 4. The highest BCUT2D eigenvalue weighted by molar-refractivity contribution is 5.98. The van der Waals surface area contributed by atoms with E-state index in [9.17, 15) is 9.59 Å². The van der Waals surface area contributed by atoms with E-state index in [1.807, 2.05) is 4.90 Å². The average Bonchev–Trinajstić information content (AvgIpc) is 2.98. The Labute approximate surface area is 142 Å². The number of nitrogens with zero attached hydrogens (tertiary/aromatic N) is 2. The number of hydrogen-bond acceptors (Lipinski definition) is 4. The van der Waals surface area contributed by atoms with Gasteiger partial charge in [-0.25, -0.2) is 0 Å². The highest BCUT2D eigenvalue weighted by atomic mass is 16.5. The van der Waals surface area contributed by atoms with Crippen LogP contribution in [0.3, 0.4) is 0 Å². The van der Waals surface area contributed by atoms with E-state index in [4.69, 9.17) is 4.74 Å². The number of ether oxygens (including phenoxy) is 1.